The fourth-order valence-corrected chi connectivity index (χ4v) is 4.88. The lowest BCUT2D eigenvalue weighted by Crippen LogP contribution is -2.33. The molecule has 28 heavy (non-hydrogen) atoms. The fraction of sp³-hybridized carbons (Fsp3) is 0.526. The molecule has 154 valence electrons. The molecule has 1 aromatic heterocycles. The normalized spacial score (nSPS) is 15.0. The number of sulfonamides is 1. The second kappa shape index (κ2) is 7.73. The second-order valence-electron chi connectivity index (χ2n) is 7.21. The van der Waals surface area contributed by atoms with Crippen LogP contribution in [0.2, 0.25) is 0 Å². The Morgan fingerprint density at radius 2 is 1.71 bits per heavy atom. The second-order valence-corrected chi connectivity index (χ2v) is 9.30. The van der Waals surface area contributed by atoms with Gasteiger partial charge >= 0.3 is 0 Å². The summed E-state index contributed by atoms with van der Waals surface area (Å²) in [6.45, 7) is 5.68. The first kappa shape index (κ1) is 20.6. The fourth-order valence-electron chi connectivity index (χ4n) is 3.63. The molecular formula is C19H28N4O4S. The number of hydrogen-bond acceptors (Lipinski definition) is 6. The van der Waals surface area contributed by atoms with Crippen LogP contribution >= 0.6 is 0 Å². The third-order valence-electron chi connectivity index (χ3n) is 5.18. The molecule has 0 atom stereocenters. The largest absolute Gasteiger partial charge is 0.493 e. The van der Waals surface area contributed by atoms with Gasteiger partial charge in [-0.3, -0.25) is 9.58 Å². The van der Waals surface area contributed by atoms with E-state index in [-0.39, 0.29) is 0 Å². The maximum Gasteiger partial charge on any atom is 0.246 e. The van der Waals surface area contributed by atoms with Crippen molar-refractivity contribution in [2.24, 2.45) is 0 Å². The van der Waals surface area contributed by atoms with E-state index in [9.17, 15) is 8.42 Å². The summed E-state index contributed by atoms with van der Waals surface area (Å²) in [6, 6.07) is 4.06. The highest BCUT2D eigenvalue weighted by Gasteiger charge is 2.28. The van der Waals surface area contributed by atoms with Gasteiger partial charge in [0, 0.05) is 27.2 Å². The number of hydrogen-bond donors (Lipinski definition) is 0. The van der Waals surface area contributed by atoms with E-state index in [0.717, 1.165) is 25.3 Å². The molecule has 9 heteroatoms. The number of rotatable bonds is 6. The van der Waals surface area contributed by atoms with Crippen LogP contribution in [0.25, 0.3) is 0 Å². The number of aromatic nitrogens is 2. The van der Waals surface area contributed by atoms with Crippen LogP contribution in [0, 0.1) is 13.8 Å². The summed E-state index contributed by atoms with van der Waals surface area (Å²) < 4.78 is 39.0. The van der Waals surface area contributed by atoms with E-state index in [0.29, 0.717) is 28.7 Å². The lowest BCUT2D eigenvalue weighted by atomic mass is 9.99. The summed E-state index contributed by atoms with van der Waals surface area (Å²) in [5.74, 6) is 1.46. The third kappa shape index (κ3) is 3.61. The zero-order chi connectivity index (χ0) is 20.6. The Hall–Kier alpha value is -2.10. The minimum Gasteiger partial charge on any atom is -0.493 e. The molecule has 0 spiro atoms. The average molecular weight is 409 g/mol. The Morgan fingerprint density at radius 3 is 2.29 bits per heavy atom. The standard InChI is InChI=1S/C19H28N4O4S/c1-13-19(28(24,25)21(3)4)14(2)23(20-13)12-22-8-7-15-9-17(26-5)18(27-6)10-16(15)11-22/h9-10H,7-8,11-12H2,1-6H3. The van der Waals surface area contributed by atoms with Crippen molar-refractivity contribution in [3.05, 3.63) is 34.6 Å². The molecule has 3 rings (SSSR count). The summed E-state index contributed by atoms with van der Waals surface area (Å²) in [6.07, 6.45) is 0.887. The van der Waals surface area contributed by atoms with Crippen LogP contribution in [-0.4, -0.2) is 62.3 Å². The molecule has 1 aromatic carbocycles. The van der Waals surface area contributed by atoms with E-state index in [4.69, 9.17) is 9.47 Å². The molecule has 1 aliphatic rings. The quantitative estimate of drug-likeness (QED) is 0.725. The highest BCUT2D eigenvalue weighted by molar-refractivity contribution is 7.89. The van der Waals surface area contributed by atoms with Gasteiger partial charge in [0.25, 0.3) is 0 Å². The number of nitrogens with zero attached hydrogens (tertiary/aromatic N) is 4. The van der Waals surface area contributed by atoms with E-state index in [1.54, 1.807) is 25.8 Å². The molecule has 2 aromatic rings. The molecular weight excluding hydrogens is 380 g/mol. The molecule has 0 radical (unpaired) electrons. The Morgan fingerprint density at radius 1 is 1.11 bits per heavy atom. The summed E-state index contributed by atoms with van der Waals surface area (Å²) >= 11 is 0. The van der Waals surface area contributed by atoms with E-state index < -0.39 is 10.0 Å². The van der Waals surface area contributed by atoms with Crippen LogP contribution in [0.15, 0.2) is 17.0 Å². The van der Waals surface area contributed by atoms with Crippen LogP contribution in [0.1, 0.15) is 22.5 Å². The lowest BCUT2D eigenvalue weighted by Gasteiger charge is -2.29. The van der Waals surface area contributed by atoms with Crippen molar-refractivity contribution >= 4 is 10.0 Å². The van der Waals surface area contributed by atoms with Gasteiger partial charge in [-0.05, 0) is 43.5 Å². The van der Waals surface area contributed by atoms with Crippen LogP contribution in [0.4, 0.5) is 0 Å². The maximum atomic E-state index is 12.6. The van der Waals surface area contributed by atoms with Gasteiger partial charge in [0.15, 0.2) is 11.5 Å². The molecule has 0 saturated carbocycles. The lowest BCUT2D eigenvalue weighted by molar-refractivity contribution is 0.187. The molecule has 8 nitrogen and oxygen atoms in total. The zero-order valence-corrected chi connectivity index (χ0v) is 18.1. The van der Waals surface area contributed by atoms with Gasteiger partial charge in [-0.2, -0.15) is 5.10 Å². The number of methoxy groups -OCH3 is 2. The molecule has 0 aliphatic carbocycles. The predicted molar refractivity (Wildman–Crippen MR) is 106 cm³/mol. The predicted octanol–water partition coefficient (Wildman–Crippen LogP) is 1.78. The first-order valence-electron chi connectivity index (χ1n) is 9.11. The Bertz CT molecular complexity index is 982. The number of benzene rings is 1. The van der Waals surface area contributed by atoms with Gasteiger partial charge in [0.2, 0.25) is 10.0 Å². The Balaban J connectivity index is 1.85. The molecule has 0 unspecified atom stereocenters. The van der Waals surface area contributed by atoms with Crippen molar-refractivity contribution < 1.29 is 17.9 Å². The van der Waals surface area contributed by atoms with Crippen molar-refractivity contribution in [2.75, 3.05) is 34.9 Å². The SMILES string of the molecule is COc1cc2c(cc1OC)CN(Cn1nc(C)c(S(=O)(=O)N(C)C)c1C)CC2. The molecule has 0 fully saturated rings. The summed E-state index contributed by atoms with van der Waals surface area (Å²) in [7, 11) is 2.82. The van der Waals surface area contributed by atoms with Gasteiger partial charge in [-0.1, -0.05) is 0 Å². The highest BCUT2D eigenvalue weighted by Crippen LogP contribution is 2.33. The van der Waals surface area contributed by atoms with Gasteiger partial charge in [-0.15, -0.1) is 0 Å². The monoisotopic (exact) mass is 408 g/mol. The summed E-state index contributed by atoms with van der Waals surface area (Å²) in [4.78, 5) is 2.54. The molecule has 0 N–H and O–H groups in total. The molecule has 1 aliphatic heterocycles. The van der Waals surface area contributed by atoms with Gasteiger partial charge in [0.1, 0.15) is 4.90 Å². The first-order valence-corrected chi connectivity index (χ1v) is 10.6. The van der Waals surface area contributed by atoms with Crippen LogP contribution < -0.4 is 9.47 Å². The molecule has 0 saturated heterocycles. The van der Waals surface area contributed by atoms with Gasteiger partial charge in [0.05, 0.1) is 32.3 Å². The van der Waals surface area contributed by atoms with Crippen LogP contribution in [-0.2, 0) is 29.7 Å². The number of aryl methyl sites for hydroxylation is 1. The average Bonchev–Trinajstić information content (AvgIpc) is 2.93. The minimum absolute atomic E-state index is 0.293. The van der Waals surface area contributed by atoms with Crippen molar-refractivity contribution in [1.29, 1.82) is 0 Å². The number of ether oxygens (including phenoxy) is 2. The molecule has 0 bridgehead atoms. The Kier molecular flexibility index (Phi) is 5.69. The zero-order valence-electron chi connectivity index (χ0n) is 17.3. The van der Waals surface area contributed by atoms with Crippen LogP contribution in [0.5, 0.6) is 11.5 Å². The van der Waals surface area contributed by atoms with Crippen molar-refractivity contribution in [2.45, 2.75) is 38.4 Å². The van der Waals surface area contributed by atoms with Crippen molar-refractivity contribution in [3.63, 3.8) is 0 Å². The third-order valence-corrected chi connectivity index (χ3v) is 7.25. The Labute approximate surface area is 166 Å². The van der Waals surface area contributed by atoms with E-state index in [1.165, 1.54) is 29.5 Å². The summed E-state index contributed by atoms with van der Waals surface area (Å²) in [5, 5.41) is 4.49. The summed E-state index contributed by atoms with van der Waals surface area (Å²) in [5.41, 5.74) is 3.61. The van der Waals surface area contributed by atoms with E-state index >= 15 is 0 Å². The van der Waals surface area contributed by atoms with E-state index in [1.807, 2.05) is 19.1 Å². The van der Waals surface area contributed by atoms with E-state index in [2.05, 4.69) is 10.00 Å². The topological polar surface area (TPSA) is 76.9 Å². The first-order chi connectivity index (χ1) is 13.2. The highest BCUT2D eigenvalue weighted by atomic mass is 32.2. The number of fused-ring (bicyclic) bond motifs is 1. The maximum absolute atomic E-state index is 12.6. The molecule has 2 heterocycles. The van der Waals surface area contributed by atoms with Gasteiger partial charge < -0.3 is 9.47 Å². The molecule has 0 amide bonds. The minimum atomic E-state index is -3.52. The van der Waals surface area contributed by atoms with Crippen molar-refractivity contribution in [1.82, 2.24) is 19.0 Å². The van der Waals surface area contributed by atoms with Crippen LogP contribution in [0.3, 0.4) is 0 Å². The van der Waals surface area contributed by atoms with Crippen molar-refractivity contribution in [3.8, 4) is 11.5 Å². The smallest absolute Gasteiger partial charge is 0.246 e. The van der Waals surface area contributed by atoms with Gasteiger partial charge in [-0.25, -0.2) is 12.7 Å².